The fourth-order valence-electron chi connectivity index (χ4n) is 2.13. The van der Waals surface area contributed by atoms with Gasteiger partial charge in [-0.2, -0.15) is 4.98 Å². The van der Waals surface area contributed by atoms with Crippen molar-refractivity contribution in [3.63, 3.8) is 0 Å². The van der Waals surface area contributed by atoms with Gasteiger partial charge in [-0.15, -0.1) is 0 Å². The van der Waals surface area contributed by atoms with Crippen LogP contribution in [0.1, 0.15) is 26.2 Å². The Morgan fingerprint density at radius 3 is 3.11 bits per heavy atom. The molecule has 2 rings (SSSR count). The van der Waals surface area contributed by atoms with Gasteiger partial charge < -0.3 is 15.0 Å². The highest BCUT2D eigenvalue weighted by Crippen LogP contribution is 2.24. The molecule has 106 valence electrons. The van der Waals surface area contributed by atoms with Crippen LogP contribution in [0, 0.1) is 0 Å². The standard InChI is InChI=1S/C13H21ClN4O/c1-3-6-15-13-16-8-11(14)12(17-13)18(2)9-10-5-4-7-19-10/h8,10H,3-7,9H2,1-2H3,(H,15,16,17). The van der Waals surface area contributed by atoms with E-state index in [1.165, 1.54) is 0 Å². The zero-order valence-electron chi connectivity index (χ0n) is 11.5. The van der Waals surface area contributed by atoms with Gasteiger partial charge in [-0.05, 0) is 19.3 Å². The molecule has 5 nitrogen and oxygen atoms in total. The van der Waals surface area contributed by atoms with Crippen LogP contribution in [0.15, 0.2) is 6.20 Å². The first-order chi connectivity index (χ1) is 9.20. The van der Waals surface area contributed by atoms with Crippen LogP contribution >= 0.6 is 11.6 Å². The van der Waals surface area contributed by atoms with Crippen LogP contribution in [0.3, 0.4) is 0 Å². The highest BCUT2D eigenvalue weighted by atomic mass is 35.5. The summed E-state index contributed by atoms with van der Waals surface area (Å²) in [6.45, 7) is 4.63. The summed E-state index contributed by atoms with van der Waals surface area (Å²) in [7, 11) is 1.99. The second-order valence-corrected chi connectivity index (χ2v) is 5.21. The van der Waals surface area contributed by atoms with Crippen LogP contribution in [-0.2, 0) is 4.74 Å². The molecule has 1 aromatic heterocycles. The van der Waals surface area contributed by atoms with E-state index in [0.29, 0.717) is 11.0 Å². The summed E-state index contributed by atoms with van der Waals surface area (Å²) in [5.41, 5.74) is 0. The molecular formula is C13H21ClN4O. The zero-order chi connectivity index (χ0) is 13.7. The van der Waals surface area contributed by atoms with Crippen molar-refractivity contribution in [3.8, 4) is 0 Å². The van der Waals surface area contributed by atoms with E-state index >= 15 is 0 Å². The number of aromatic nitrogens is 2. The minimum atomic E-state index is 0.281. The lowest BCUT2D eigenvalue weighted by Crippen LogP contribution is -2.29. The van der Waals surface area contributed by atoms with Gasteiger partial charge in [-0.1, -0.05) is 18.5 Å². The van der Waals surface area contributed by atoms with Gasteiger partial charge >= 0.3 is 0 Å². The molecule has 1 atom stereocenters. The van der Waals surface area contributed by atoms with Crippen molar-refractivity contribution >= 4 is 23.4 Å². The highest BCUT2D eigenvalue weighted by Gasteiger charge is 2.19. The molecule has 1 saturated heterocycles. The summed E-state index contributed by atoms with van der Waals surface area (Å²) in [6, 6.07) is 0. The van der Waals surface area contributed by atoms with E-state index in [1.54, 1.807) is 6.20 Å². The maximum atomic E-state index is 6.18. The number of halogens is 1. The van der Waals surface area contributed by atoms with Crippen LogP contribution in [0.4, 0.5) is 11.8 Å². The second-order valence-electron chi connectivity index (χ2n) is 4.81. The molecule has 1 aromatic rings. The molecule has 0 aliphatic carbocycles. The molecular weight excluding hydrogens is 264 g/mol. The molecule has 0 spiro atoms. The topological polar surface area (TPSA) is 50.3 Å². The summed E-state index contributed by atoms with van der Waals surface area (Å²) < 4.78 is 5.64. The summed E-state index contributed by atoms with van der Waals surface area (Å²) in [5.74, 6) is 1.38. The SMILES string of the molecule is CCCNc1ncc(Cl)c(N(C)CC2CCCO2)n1. The van der Waals surface area contributed by atoms with Crippen molar-refractivity contribution in [3.05, 3.63) is 11.2 Å². The predicted octanol–water partition coefficient (Wildman–Crippen LogP) is 2.57. The number of nitrogens with zero attached hydrogens (tertiary/aromatic N) is 3. The third-order valence-electron chi connectivity index (χ3n) is 3.12. The molecule has 1 aliphatic rings. The van der Waals surface area contributed by atoms with Crippen molar-refractivity contribution in [2.45, 2.75) is 32.3 Å². The molecule has 1 aliphatic heterocycles. The first-order valence-corrected chi connectivity index (χ1v) is 7.17. The summed E-state index contributed by atoms with van der Waals surface area (Å²) in [6.07, 6.45) is 5.21. The maximum Gasteiger partial charge on any atom is 0.224 e. The van der Waals surface area contributed by atoms with Crippen LogP contribution in [0.2, 0.25) is 5.02 Å². The third-order valence-corrected chi connectivity index (χ3v) is 3.39. The molecule has 0 radical (unpaired) electrons. The predicted molar refractivity (Wildman–Crippen MR) is 78.1 cm³/mol. The first kappa shape index (κ1) is 14.3. The lowest BCUT2D eigenvalue weighted by molar-refractivity contribution is 0.116. The van der Waals surface area contributed by atoms with Gasteiger partial charge in [-0.25, -0.2) is 4.98 Å². The minimum absolute atomic E-state index is 0.281. The van der Waals surface area contributed by atoms with Crippen molar-refractivity contribution in [1.82, 2.24) is 9.97 Å². The van der Waals surface area contributed by atoms with Crippen LogP contribution in [0.5, 0.6) is 0 Å². The van der Waals surface area contributed by atoms with Crippen molar-refractivity contribution < 1.29 is 4.74 Å². The Morgan fingerprint density at radius 2 is 2.42 bits per heavy atom. The first-order valence-electron chi connectivity index (χ1n) is 6.80. The Labute approximate surface area is 119 Å². The Bertz CT molecular complexity index is 410. The van der Waals surface area contributed by atoms with Crippen molar-refractivity contribution in [2.24, 2.45) is 0 Å². The highest BCUT2D eigenvalue weighted by molar-refractivity contribution is 6.32. The van der Waals surface area contributed by atoms with E-state index in [1.807, 2.05) is 11.9 Å². The van der Waals surface area contributed by atoms with Gasteiger partial charge in [0.2, 0.25) is 5.95 Å². The number of likely N-dealkylation sites (N-methyl/N-ethyl adjacent to an activating group) is 1. The van der Waals surface area contributed by atoms with Crippen LogP contribution < -0.4 is 10.2 Å². The van der Waals surface area contributed by atoms with Gasteiger partial charge in [-0.3, -0.25) is 0 Å². The molecule has 1 fully saturated rings. The Hall–Kier alpha value is -1.07. The van der Waals surface area contributed by atoms with E-state index in [4.69, 9.17) is 16.3 Å². The van der Waals surface area contributed by atoms with Gasteiger partial charge in [0.15, 0.2) is 5.82 Å². The third kappa shape index (κ3) is 3.94. The fraction of sp³-hybridized carbons (Fsp3) is 0.692. The van der Waals surface area contributed by atoms with E-state index in [9.17, 15) is 0 Å². The normalized spacial score (nSPS) is 18.6. The number of rotatable bonds is 6. The lowest BCUT2D eigenvalue weighted by Gasteiger charge is -2.22. The number of hydrogen-bond donors (Lipinski definition) is 1. The summed E-state index contributed by atoms with van der Waals surface area (Å²) >= 11 is 6.18. The number of ether oxygens (including phenoxy) is 1. The number of nitrogens with one attached hydrogen (secondary N) is 1. The van der Waals surface area contributed by atoms with E-state index in [2.05, 4.69) is 22.2 Å². The Morgan fingerprint density at radius 1 is 1.58 bits per heavy atom. The second kappa shape index (κ2) is 6.91. The monoisotopic (exact) mass is 284 g/mol. The molecule has 1 N–H and O–H groups in total. The van der Waals surface area contributed by atoms with Crippen LogP contribution in [0.25, 0.3) is 0 Å². The van der Waals surface area contributed by atoms with Crippen LogP contribution in [-0.4, -0.2) is 42.8 Å². The molecule has 0 amide bonds. The molecule has 2 heterocycles. The Kier molecular flexibility index (Phi) is 5.22. The van der Waals surface area contributed by atoms with Crippen molar-refractivity contribution in [2.75, 3.05) is 37.0 Å². The smallest absolute Gasteiger partial charge is 0.224 e. The molecule has 0 saturated carbocycles. The molecule has 1 unspecified atom stereocenters. The van der Waals surface area contributed by atoms with E-state index < -0.39 is 0 Å². The lowest BCUT2D eigenvalue weighted by atomic mass is 10.2. The maximum absolute atomic E-state index is 6.18. The summed E-state index contributed by atoms with van der Waals surface area (Å²) in [4.78, 5) is 10.7. The average Bonchev–Trinajstić information content (AvgIpc) is 2.90. The van der Waals surface area contributed by atoms with Gasteiger partial charge in [0, 0.05) is 26.7 Å². The fourth-order valence-corrected chi connectivity index (χ4v) is 2.36. The van der Waals surface area contributed by atoms with E-state index in [-0.39, 0.29) is 6.10 Å². The molecule has 0 bridgehead atoms. The zero-order valence-corrected chi connectivity index (χ0v) is 12.3. The Balaban J connectivity index is 2.03. The molecule has 19 heavy (non-hydrogen) atoms. The van der Waals surface area contributed by atoms with E-state index in [0.717, 1.165) is 44.8 Å². The number of hydrogen-bond acceptors (Lipinski definition) is 5. The average molecular weight is 285 g/mol. The minimum Gasteiger partial charge on any atom is -0.376 e. The largest absolute Gasteiger partial charge is 0.376 e. The van der Waals surface area contributed by atoms with Gasteiger partial charge in [0.25, 0.3) is 0 Å². The van der Waals surface area contributed by atoms with Gasteiger partial charge in [0.05, 0.1) is 12.3 Å². The summed E-state index contributed by atoms with van der Waals surface area (Å²) in [5, 5.41) is 3.74. The van der Waals surface area contributed by atoms with Crippen molar-refractivity contribution in [1.29, 1.82) is 0 Å². The van der Waals surface area contributed by atoms with Gasteiger partial charge in [0.1, 0.15) is 5.02 Å². The molecule has 6 heteroatoms. The molecule has 0 aromatic carbocycles. The number of anilines is 2. The quantitative estimate of drug-likeness (QED) is 0.870.